The summed E-state index contributed by atoms with van der Waals surface area (Å²) in [7, 11) is 0. The van der Waals surface area contributed by atoms with Crippen LogP contribution >= 0.6 is 0 Å². The molecule has 0 atom stereocenters. The zero-order chi connectivity index (χ0) is 6.27. The first-order valence-corrected chi connectivity index (χ1v) is 2.99. The molecule has 0 fully saturated rings. The lowest BCUT2D eigenvalue weighted by molar-refractivity contribution is 0.976. The van der Waals surface area contributed by atoms with Crippen LogP contribution in [-0.2, 0) is 0 Å². The minimum atomic E-state index is 1.26. The highest BCUT2D eigenvalue weighted by Crippen LogP contribution is 2.07. The highest BCUT2D eigenvalue weighted by atomic mass is 15.2. The van der Waals surface area contributed by atoms with E-state index < -0.39 is 0 Å². The lowest BCUT2D eigenvalue weighted by atomic mass is 10.3. The van der Waals surface area contributed by atoms with E-state index in [0.29, 0.717) is 0 Å². The minimum Gasteiger partial charge on any atom is -0.301 e. The summed E-state index contributed by atoms with van der Waals surface area (Å²) in [5.74, 6) is 0. The predicted molar refractivity (Wildman–Crippen MR) is 36.5 cm³/mol. The van der Waals surface area contributed by atoms with E-state index >= 15 is 0 Å². The smallest absolute Gasteiger partial charge is 0.0668 e. The molecule has 0 saturated carbocycles. The van der Waals surface area contributed by atoms with Crippen molar-refractivity contribution in [2.75, 3.05) is 0 Å². The van der Waals surface area contributed by atoms with Gasteiger partial charge in [-0.2, -0.15) is 0 Å². The molecule has 46 valence electrons. The lowest BCUT2D eigenvalue weighted by Gasteiger charge is -1.79. The Balaban J connectivity index is 2.99. The Morgan fingerprint density at radius 2 is 2.44 bits per heavy atom. The summed E-state index contributed by atoms with van der Waals surface area (Å²) in [6.07, 6.45) is 4.00. The van der Waals surface area contributed by atoms with Crippen molar-refractivity contribution in [3.63, 3.8) is 0 Å². The number of fused-ring (bicyclic) bond motifs is 1. The second-order valence-electron chi connectivity index (χ2n) is 2.22. The maximum absolute atomic E-state index is 3.08. The molecule has 0 saturated heterocycles. The molecule has 0 radical (unpaired) electrons. The van der Waals surface area contributed by atoms with Crippen molar-refractivity contribution in [3.05, 3.63) is 30.1 Å². The molecule has 0 aliphatic carbocycles. The second-order valence-corrected chi connectivity index (χ2v) is 2.22. The number of aromatic nitrogens is 2. The molecule has 0 aromatic carbocycles. The molecule has 2 aromatic heterocycles. The van der Waals surface area contributed by atoms with Gasteiger partial charge in [0.2, 0.25) is 0 Å². The van der Waals surface area contributed by atoms with Crippen molar-refractivity contribution in [1.29, 1.82) is 0 Å². The van der Waals surface area contributed by atoms with E-state index in [1.165, 1.54) is 11.1 Å². The van der Waals surface area contributed by atoms with E-state index in [1.807, 2.05) is 23.0 Å². The van der Waals surface area contributed by atoms with E-state index in [4.69, 9.17) is 0 Å². The Labute approximate surface area is 53.1 Å². The van der Waals surface area contributed by atoms with Crippen LogP contribution in [0.1, 0.15) is 5.56 Å². The highest BCUT2D eigenvalue weighted by molar-refractivity contribution is 5.53. The summed E-state index contributed by atoms with van der Waals surface area (Å²) in [5, 5.41) is 3.08. The van der Waals surface area contributed by atoms with Crippen molar-refractivity contribution in [1.82, 2.24) is 9.61 Å². The monoisotopic (exact) mass is 120 g/mol. The maximum Gasteiger partial charge on any atom is 0.0668 e. The Morgan fingerprint density at radius 3 is 3.22 bits per heavy atom. The third-order valence-corrected chi connectivity index (χ3v) is 1.57. The third-order valence-electron chi connectivity index (χ3n) is 1.57. The van der Waals surface area contributed by atoms with Gasteiger partial charge in [-0.15, -0.1) is 0 Å². The molecule has 2 rings (SSSR count). The Bertz CT molecular complexity index is 316. The predicted octanol–water partition coefficient (Wildman–Crippen LogP) is 1.58. The largest absolute Gasteiger partial charge is 0.301 e. The first kappa shape index (κ1) is 4.68. The summed E-state index contributed by atoms with van der Waals surface area (Å²) >= 11 is 0. The van der Waals surface area contributed by atoms with Crippen molar-refractivity contribution >= 4 is 5.52 Å². The van der Waals surface area contributed by atoms with Gasteiger partial charge in [-0.25, -0.2) is 0 Å². The molecule has 0 unspecified atom stereocenters. The van der Waals surface area contributed by atoms with Gasteiger partial charge >= 0.3 is 0 Å². The number of aromatic amines is 1. The average Bonchev–Trinajstić information content (AvgIpc) is 2.35. The zero-order valence-corrected chi connectivity index (χ0v) is 5.26. The van der Waals surface area contributed by atoms with Gasteiger partial charge in [0.25, 0.3) is 0 Å². The van der Waals surface area contributed by atoms with Crippen LogP contribution in [0.15, 0.2) is 24.5 Å². The van der Waals surface area contributed by atoms with Crippen LogP contribution in [0.25, 0.3) is 5.52 Å². The fourth-order valence-corrected chi connectivity index (χ4v) is 1.06. The van der Waals surface area contributed by atoms with Crippen LogP contribution in [0, 0.1) is 6.92 Å². The average molecular weight is 120 g/mol. The van der Waals surface area contributed by atoms with Crippen LogP contribution < -0.4 is 0 Å². The normalized spacial score (nSPS) is 10.8. The van der Waals surface area contributed by atoms with E-state index in [9.17, 15) is 0 Å². The summed E-state index contributed by atoms with van der Waals surface area (Å²) in [5.41, 5.74) is 2.55. The van der Waals surface area contributed by atoms with Gasteiger partial charge in [0, 0.05) is 12.4 Å². The SMILES string of the molecule is Cc1c[nH]n2cccc12. The summed E-state index contributed by atoms with van der Waals surface area (Å²) in [6.45, 7) is 2.09. The van der Waals surface area contributed by atoms with Gasteiger partial charge in [0.1, 0.15) is 0 Å². The topological polar surface area (TPSA) is 20.2 Å². The quantitative estimate of drug-likeness (QED) is 0.544. The van der Waals surface area contributed by atoms with Gasteiger partial charge in [0.15, 0.2) is 0 Å². The van der Waals surface area contributed by atoms with Crippen LogP contribution in [0.2, 0.25) is 0 Å². The van der Waals surface area contributed by atoms with E-state index in [-0.39, 0.29) is 0 Å². The molecule has 0 aliphatic rings. The van der Waals surface area contributed by atoms with Crippen molar-refractivity contribution in [3.8, 4) is 0 Å². The number of aryl methyl sites for hydroxylation is 1. The van der Waals surface area contributed by atoms with Gasteiger partial charge in [0.05, 0.1) is 5.52 Å². The third kappa shape index (κ3) is 0.499. The molecule has 2 nitrogen and oxygen atoms in total. The summed E-state index contributed by atoms with van der Waals surface area (Å²) in [6, 6.07) is 4.12. The Morgan fingerprint density at radius 1 is 1.56 bits per heavy atom. The maximum atomic E-state index is 3.08. The van der Waals surface area contributed by atoms with Crippen LogP contribution in [-0.4, -0.2) is 9.61 Å². The molecule has 2 heteroatoms. The number of H-pyrrole nitrogens is 1. The fourth-order valence-electron chi connectivity index (χ4n) is 1.06. The first-order valence-electron chi connectivity index (χ1n) is 2.99. The number of nitrogens with one attached hydrogen (secondary N) is 1. The summed E-state index contributed by atoms with van der Waals surface area (Å²) < 4.78 is 2.00. The molecule has 0 bridgehead atoms. The summed E-state index contributed by atoms with van der Waals surface area (Å²) in [4.78, 5) is 0. The fraction of sp³-hybridized carbons (Fsp3) is 0.143. The number of hydrogen-bond acceptors (Lipinski definition) is 0. The molecular weight excluding hydrogens is 112 g/mol. The molecular formula is C7H8N2. The van der Waals surface area contributed by atoms with Gasteiger partial charge < -0.3 is 5.10 Å². The minimum absolute atomic E-state index is 1.26. The van der Waals surface area contributed by atoms with Crippen LogP contribution in [0.3, 0.4) is 0 Å². The van der Waals surface area contributed by atoms with Crippen LogP contribution in [0.5, 0.6) is 0 Å². The molecule has 1 N–H and O–H groups in total. The van der Waals surface area contributed by atoms with Crippen LogP contribution in [0.4, 0.5) is 0 Å². The first-order chi connectivity index (χ1) is 4.38. The lowest BCUT2D eigenvalue weighted by Crippen LogP contribution is -1.74. The van der Waals surface area contributed by atoms with Gasteiger partial charge in [-0.05, 0) is 24.6 Å². The molecule has 9 heavy (non-hydrogen) atoms. The Hall–Kier alpha value is -1.18. The molecule has 0 spiro atoms. The molecule has 2 aromatic rings. The van der Waals surface area contributed by atoms with Crippen molar-refractivity contribution < 1.29 is 0 Å². The highest BCUT2D eigenvalue weighted by Gasteiger charge is 1.93. The van der Waals surface area contributed by atoms with E-state index in [0.717, 1.165) is 0 Å². The van der Waals surface area contributed by atoms with Crippen molar-refractivity contribution in [2.24, 2.45) is 0 Å². The number of nitrogens with zero attached hydrogens (tertiary/aromatic N) is 1. The number of hydrogen-bond donors (Lipinski definition) is 1. The zero-order valence-electron chi connectivity index (χ0n) is 5.26. The molecule has 2 heterocycles. The second kappa shape index (κ2) is 1.41. The van der Waals surface area contributed by atoms with E-state index in [2.05, 4.69) is 18.1 Å². The van der Waals surface area contributed by atoms with Crippen molar-refractivity contribution in [2.45, 2.75) is 6.92 Å². The number of rotatable bonds is 0. The van der Waals surface area contributed by atoms with Gasteiger partial charge in [-0.3, -0.25) is 4.52 Å². The Kier molecular flexibility index (Phi) is 0.730. The van der Waals surface area contributed by atoms with Gasteiger partial charge in [-0.1, -0.05) is 0 Å². The molecule has 0 aliphatic heterocycles. The molecule has 0 amide bonds. The standard InChI is InChI=1S/C7H8N2/c1-6-5-8-9-4-2-3-7(6)9/h2-5,8H,1H3. The van der Waals surface area contributed by atoms with E-state index in [1.54, 1.807) is 0 Å².